The van der Waals surface area contributed by atoms with Gasteiger partial charge in [-0.25, -0.2) is 18.4 Å². The monoisotopic (exact) mass is 400 g/mol. The third kappa shape index (κ3) is 4.06. The summed E-state index contributed by atoms with van der Waals surface area (Å²) in [6.07, 6.45) is 2.16. The van der Waals surface area contributed by atoms with Crippen LogP contribution in [0.5, 0.6) is 0 Å². The van der Waals surface area contributed by atoms with Crippen molar-refractivity contribution < 1.29 is 13.6 Å². The number of para-hydroxylation sites is 1. The van der Waals surface area contributed by atoms with E-state index >= 15 is 0 Å². The summed E-state index contributed by atoms with van der Waals surface area (Å²) >= 11 is 1.20. The Hall–Kier alpha value is -2.74. The SMILES string of the molecule is C[C@@H](Sc1nc(C2CC2)n(-c2ccccc2)n1)C(=O)Nc1ccc(F)cc1F. The number of amides is 1. The molecule has 1 fully saturated rings. The van der Waals surface area contributed by atoms with Gasteiger partial charge in [-0.05, 0) is 44.0 Å². The minimum absolute atomic E-state index is 0.0553. The minimum atomic E-state index is -0.812. The summed E-state index contributed by atoms with van der Waals surface area (Å²) in [6.45, 7) is 1.70. The molecule has 5 nitrogen and oxygen atoms in total. The first-order valence-corrected chi connectivity index (χ1v) is 9.84. The zero-order valence-electron chi connectivity index (χ0n) is 15.1. The zero-order chi connectivity index (χ0) is 19.7. The smallest absolute Gasteiger partial charge is 0.237 e. The Morgan fingerprint density at radius 3 is 2.64 bits per heavy atom. The number of hydrogen-bond acceptors (Lipinski definition) is 4. The average Bonchev–Trinajstić information content (AvgIpc) is 3.45. The van der Waals surface area contributed by atoms with Crippen molar-refractivity contribution in [2.75, 3.05) is 5.32 Å². The highest BCUT2D eigenvalue weighted by molar-refractivity contribution is 8.00. The number of benzene rings is 2. The summed E-state index contributed by atoms with van der Waals surface area (Å²) in [5.41, 5.74) is 0.870. The maximum Gasteiger partial charge on any atom is 0.237 e. The summed E-state index contributed by atoms with van der Waals surface area (Å²) in [7, 11) is 0. The number of halogens is 2. The zero-order valence-corrected chi connectivity index (χ0v) is 15.9. The average molecular weight is 400 g/mol. The molecule has 3 aromatic rings. The third-order valence-corrected chi connectivity index (χ3v) is 5.35. The van der Waals surface area contributed by atoms with Crippen molar-refractivity contribution in [1.29, 1.82) is 0 Å². The van der Waals surface area contributed by atoms with Gasteiger partial charge >= 0.3 is 0 Å². The third-order valence-electron chi connectivity index (χ3n) is 4.40. The van der Waals surface area contributed by atoms with E-state index in [1.54, 1.807) is 6.92 Å². The number of anilines is 1. The lowest BCUT2D eigenvalue weighted by Gasteiger charge is -2.10. The lowest BCUT2D eigenvalue weighted by atomic mass is 10.3. The van der Waals surface area contributed by atoms with Crippen molar-refractivity contribution in [3.05, 3.63) is 66.0 Å². The highest BCUT2D eigenvalue weighted by Crippen LogP contribution is 2.40. The first-order valence-electron chi connectivity index (χ1n) is 8.96. The predicted octanol–water partition coefficient (Wildman–Crippen LogP) is 4.54. The lowest BCUT2D eigenvalue weighted by molar-refractivity contribution is -0.115. The first-order chi connectivity index (χ1) is 13.5. The van der Waals surface area contributed by atoms with E-state index < -0.39 is 22.8 Å². The molecule has 1 N–H and O–H groups in total. The molecule has 2 aromatic carbocycles. The molecule has 1 aromatic heterocycles. The standard InChI is InChI=1S/C20H18F2N4OS/c1-12(19(27)23-17-10-9-14(21)11-16(17)22)28-20-24-18(13-7-8-13)26(25-20)15-5-3-2-4-6-15/h2-6,9-13H,7-8H2,1H3,(H,23,27)/t12-/m1/s1. The van der Waals surface area contributed by atoms with E-state index in [0.29, 0.717) is 11.1 Å². The van der Waals surface area contributed by atoms with Gasteiger partial charge in [0.15, 0.2) is 0 Å². The van der Waals surface area contributed by atoms with Gasteiger partial charge in [-0.2, -0.15) is 0 Å². The number of rotatable bonds is 6. The number of hydrogen-bond donors (Lipinski definition) is 1. The second-order valence-corrected chi connectivity index (χ2v) is 7.96. The normalized spacial score (nSPS) is 14.7. The van der Waals surface area contributed by atoms with Crippen LogP contribution < -0.4 is 5.32 Å². The molecule has 1 saturated carbocycles. The molecule has 0 spiro atoms. The number of aromatic nitrogens is 3. The van der Waals surface area contributed by atoms with E-state index in [1.165, 1.54) is 17.8 Å². The molecule has 0 unspecified atom stereocenters. The van der Waals surface area contributed by atoms with Crippen molar-refractivity contribution in [1.82, 2.24) is 14.8 Å². The topological polar surface area (TPSA) is 59.8 Å². The van der Waals surface area contributed by atoms with E-state index in [9.17, 15) is 13.6 Å². The fourth-order valence-electron chi connectivity index (χ4n) is 2.76. The summed E-state index contributed by atoms with van der Waals surface area (Å²) in [4.78, 5) is 17.0. The molecule has 144 valence electrons. The predicted molar refractivity (Wildman–Crippen MR) is 104 cm³/mol. The van der Waals surface area contributed by atoms with Crippen LogP contribution in [0.3, 0.4) is 0 Å². The van der Waals surface area contributed by atoms with Crippen LogP contribution in [0.4, 0.5) is 14.5 Å². The summed E-state index contributed by atoms with van der Waals surface area (Å²) in [5, 5.41) is 6.99. The van der Waals surface area contributed by atoms with Crippen LogP contribution in [-0.4, -0.2) is 25.9 Å². The fraction of sp³-hybridized carbons (Fsp3) is 0.250. The molecule has 1 aliphatic carbocycles. The van der Waals surface area contributed by atoms with E-state index in [0.717, 1.165) is 36.5 Å². The fourth-order valence-corrected chi connectivity index (χ4v) is 3.51. The summed E-state index contributed by atoms with van der Waals surface area (Å²) < 4.78 is 28.6. The largest absolute Gasteiger partial charge is 0.323 e. The molecule has 1 aliphatic rings. The summed E-state index contributed by atoms with van der Waals surface area (Å²) in [5.74, 6) is -0.626. The second-order valence-electron chi connectivity index (χ2n) is 6.65. The quantitative estimate of drug-likeness (QED) is 0.617. The number of nitrogens with zero attached hydrogens (tertiary/aromatic N) is 3. The number of thioether (sulfide) groups is 1. The number of nitrogens with one attached hydrogen (secondary N) is 1. The maximum absolute atomic E-state index is 13.8. The molecule has 0 radical (unpaired) electrons. The highest BCUT2D eigenvalue weighted by Gasteiger charge is 2.31. The van der Waals surface area contributed by atoms with Gasteiger partial charge in [0.1, 0.15) is 17.5 Å². The highest BCUT2D eigenvalue weighted by atomic mass is 32.2. The summed E-state index contributed by atoms with van der Waals surface area (Å²) in [6, 6.07) is 12.8. The first kappa shape index (κ1) is 18.6. The number of carbonyl (C=O) groups is 1. The Morgan fingerprint density at radius 1 is 1.21 bits per heavy atom. The molecule has 1 amide bonds. The molecular formula is C20H18F2N4OS. The van der Waals surface area contributed by atoms with Gasteiger partial charge in [0.2, 0.25) is 11.1 Å². The molecule has 8 heteroatoms. The number of carbonyl (C=O) groups excluding carboxylic acids is 1. The van der Waals surface area contributed by atoms with Crippen LogP contribution in [0.25, 0.3) is 5.69 Å². The Balaban J connectivity index is 1.50. The van der Waals surface area contributed by atoms with Gasteiger partial charge in [-0.15, -0.1) is 5.10 Å². The van der Waals surface area contributed by atoms with Gasteiger partial charge in [0, 0.05) is 12.0 Å². The van der Waals surface area contributed by atoms with Crippen LogP contribution in [0.2, 0.25) is 0 Å². The van der Waals surface area contributed by atoms with Crippen LogP contribution in [-0.2, 0) is 4.79 Å². The van der Waals surface area contributed by atoms with Crippen LogP contribution in [0, 0.1) is 11.6 Å². The van der Waals surface area contributed by atoms with Gasteiger partial charge in [-0.3, -0.25) is 4.79 Å². The molecule has 4 rings (SSSR count). The van der Waals surface area contributed by atoms with Crippen LogP contribution >= 0.6 is 11.8 Å². The Labute approximate surface area is 165 Å². The van der Waals surface area contributed by atoms with Gasteiger partial charge in [-0.1, -0.05) is 30.0 Å². The van der Waals surface area contributed by atoms with Crippen molar-refractivity contribution in [2.24, 2.45) is 0 Å². The van der Waals surface area contributed by atoms with Crippen molar-refractivity contribution in [2.45, 2.75) is 36.1 Å². The van der Waals surface area contributed by atoms with Gasteiger partial charge in [0.25, 0.3) is 0 Å². The molecule has 0 saturated heterocycles. The molecular weight excluding hydrogens is 382 g/mol. The second kappa shape index (κ2) is 7.71. The minimum Gasteiger partial charge on any atom is -0.323 e. The Morgan fingerprint density at radius 2 is 1.96 bits per heavy atom. The van der Waals surface area contributed by atoms with Crippen molar-refractivity contribution in [3.63, 3.8) is 0 Å². The Kier molecular flexibility index (Phi) is 5.13. The van der Waals surface area contributed by atoms with E-state index in [-0.39, 0.29) is 5.69 Å². The Bertz CT molecular complexity index is 1000. The molecule has 1 heterocycles. The van der Waals surface area contributed by atoms with Crippen molar-refractivity contribution >= 4 is 23.4 Å². The molecule has 0 bridgehead atoms. The van der Waals surface area contributed by atoms with Crippen molar-refractivity contribution in [3.8, 4) is 5.69 Å². The maximum atomic E-state index is 13.8. The molecule has 0 aliphatic heterocycles. The lowest BCUT2D eigenvalue weighted by Crippen LogP contribution is -2.23. The van der Waals surface area contributed by atoms with E-state index in [2.05, 4.69) is 15.4 Å². The van der Waals surface area contributed by atoms with E-state index in [1.807, 2.05) is 35.0 Å². The van der Waals surface area contributed by atoms with Gasteiger partial charge in [0.05, 0.1) is 16.6 Å². The molecule has 1 atom stereocenters. The van der Waals surface area contributed by atoms with Gasteiger partial charge < -0.3 is 5.32 Å². The molecule has 28 heavy (non-hydrogen) atoms. The van der Waals surface area contributed by atoms with E-state index in [4.69, 9.17) is 0 Å². The van der Waals surface area contributed by atoms with Crippen LogP contribution in [0.15, 0.2) is 53.7 Å². The van der Waals surface area contributed by atoms with Crippen LogP contribution in [0.1, 0.15) is 31.5 Å².